The summed E-state index contributed by atoms with van der Waals surface area (Å²) in [6, 6.07) is 56.3. The topological polar surface area (TPSA) is 196 Å². The largest absolute Gasteiger partial charge is 0.341 e. The van der Waals surface area contributed by atoms with Crippen molar-refractivity contribution in [1.29, 1.82) is 0 Å². The van der Waals surface area contributed by atoms with Crippen LogP contribution in [-0.2, 0) is 51.0 Å². The van der Waals surface area contributed by atoms with Crippen molar-refractivity contribution in [2.75, 3.05) is 13.1 Å². The minimum Gasteiger partial charge on any atom is -0.341 e. The summed E-state index contributed by atoms with van der Waals surface area (Å²) in [6.45, 7) is 14.1. The van der Waals surface area contributed by atoms with Crippen molar-refractivity contribution in [3.05, 3.63) is 179 Å². The van der Waals surface area contributed by atoms with E-state index in [0.717, 1.165) is 182 Å². The van der Waals surface area contributed by atoms with Crippen LogP contribution >= 0.6 is 0 Å². The molecule has 0 aromatic heterocycles. The predicted octanol–water partition coefficient (Wildman–Crippen LogP) is 25.7. The van der Waals surface area contributed by atoms with Crippen LogP contribution in [0.15, 0.2) is 146 Å². The molecule has 3 heterocycles. The molecule has 11 nitrogen and oxygen atoms in total. The first kappa shape index (κ1) is 93.0. The van der Waals surface area contributed by atoms with E-state index in [1.54, 1.807) is 0 Å². The quantitative estimate of drug-likeness (QED) is 0.0743. The standard InChI is InChI=1S/C27H36O.C26H35NO.C25H34N2O.C25H35NO.C24H32N2O/c1-25-13-22-14-26(16-25,23-5-3-2-4-6-23)18-27(15-22,17-25)24(28)12-21-10-19-7-8-20(9-19)11-21;1-23-8-19-11-25(15-23,20-5-3-2-4-6-20)17-26(12-19,16-23)22(28)7-18-9-24(10-18)13-21(27)14-24;1-23-11-17-12-24(14-23,18-5-3-2-4-6-18)16-25(13-17,15-23)22(28)27-20-7-8-21(27)10-19(26)9-20;1-17-3-2-4-21(9-17)24-12-19-10-20(13-24)15-25(14-19,16-24)23(27)11-18-5-7-22(26)8-6-18;1-21-7-17-8-23(12-21,18-5-3-2-4-6-18)14-24(9-17,13-21)20(27)26-15-22(16-26)10-19(25)11-22/h2-6,19-22H,7-18H2,1H3;2-6,18-19,21H,7-17,27H2,1H3;2-6,17,19-21H,7-16,26H2,1H3;2-4,9,18-20,22H,5-8,10-16,26H2,1H3;2-6,17,19H,7-16,25H2,1H3/t19-,20-,22?,25?,26?,27?;;;;/m0..../s1. The predicted molar refractivity (Wildman–Crippen MR) is 551 cm³/mol. The average Bonchev–Trinajstić information content (AvgIpc) is 0.827. The first-order valence-electron chi connectivity index (χ1n) is 57.5. The van der Waals surface area contributed by atoms with Gasteiger partial charge in [0.2, 0.25) is 11.8 Å². The maximum absolute atomic E-state index is 14.2. The molecule has 34 rings (SSSR count). The van der Waals surface area contributed by atoms with Gasteiger partial charge in [-0.05, 0) is 456 Å². The van der Waals surface area contributed by atoms with Crippen LogP contribution in [0.1, 0.15) is 395 Å². The summed E-state index contributed by atoms with van der Waals surface area (Å²) in [4.78, 5) is 73.9. The first-order valence-corrected chi connectivity index (χ1v) is 57.5. The van der Waals surface area contributed by atoms with Gasteiger partial charge in [-0.2, -0.15) is 0 Å². The summed E-state index contributed by atoms with van der Waals surface area (Å²) in [7, 11) is 0. The lowest BCUT2D eigenvalue weighted by Gasteiger charge is -2.67. The first-order chi connectivity index (χ1) is 66.0. The summed E-state index contributed by atoms with van der Waals surface area (Å²) >= 11 is 0. The number of piperidine rings is 1. The van der Waals surface area contributed by atoms with Gasteiger partial charge in [0.1, 0.15) is 17.3 Å². The number of Topliss-reactive ketones (excluding diaryl/α,β-unsaturated/α-hetero) is 3. The number of ketones is 3. The van der Waals surface area contributed by atoms with E-state index in [0.29, 0.717) is 116 Å². The summed E-state index contributed by atoms with van der Waals surface area (Å²) in [5.74, 6) is 11.3. The van der Waals surface area contributed by atoms with Gasteiger partial charge in [-0.3, -0.25) is 24.0 Å². The highest BCUT2D eigenvalue weighted by Crippen LogP contribution is 2.77. The minimum atomic E-state index is -0.119. The summed E-state index contributed by atoms with van der Waals surface area (Å²) in [5.41, 5.74) is 36.7. The third-order valence-corrected chi connectivity index (χ3v) is 46.2. The maximum Gasteiger partial charge on any atom is 0.229 e. The third-order valence-electron chi connectivity index (χ3n) is 46.2. The molecule has 3 aliphatic heterocycles. The molecule has 22 atom stereocenters. The van der Waals surface area contributed by atoms with E-state index in [4.69, 9.17) is 22.9 Å². The number of rotatable bonds is 16. The molecule has 8 N–H and O–H groups in total. The van der Waals surface area contributed by atoms with Crippen LogP contribution in [0.25, 0.3) is 0 Å². The molecule has 29 aliphatic rings. The Bertz CT molecular complexity index is 5430. The van der Waals surface area contributed by atoms with Crippen LogP contribution in [0, 0.1) is 132 Å². The molecular weight excluding hydrogens is 1690 g/mol. The number of nitrogens with zero attached hydrogens (tertiary/aromatic N) is 2. The number of benzene rings is 5. The summed E-state index contributed by atoms with van der Waals surface area (Å²) in [6.07, 6.45) is 62.7. The number of carbonyl (C=O) groups excluding carboxylic acids is 5. The van der Waals surface area contributed by atoms with E-state index in [9.17, 15) is 24.0 Å². The molecule has 5 aromatic rings. The van der Waals surface area contributed by atoms with E-state index in [1.165, 1.54) is 245 Å². The molecule has 26 aliphatic carbocycles. The molecule has 0 radical (unpaired) electrons. The summed E-state index contributed by atoms with van der Waals surface area (Å²) in [5, 5.41) is 0. The molecule has 24 bridgehead atoms. The Morgan fingerprint density at radius 2 is 0.630 bits per heavy atom. The Balaban J connectivity index is 0.0000000914. The second-order valence-corrected chi connectivity index (χ2v) is 58.5. The van der Waals surface area contributed by atoms with Crippen molar-refractivity contribution in [2.45, 2.75) is 432 Å². The molecule has 740 valence electrons. The van der Waals surface area contributed by atoms with Crippen LogP contribution < -0.4 is 22.9 Å². The molecule has 5 aromatic carbocycles. The van der Waals surface area contributed by atoms with Gasteiger partial charge in [0.05, 0.1) is 10.8 Å². The van der Waals surface area contributed by atoms with Crippen LogP contribution in [0.5, 0.6) is 0 Å². The number of hydrogen-bond donors (Lipinski definition) is 4. The minimum absolute atomic E-state index is 0.000499. The van der Waals surface area contributed by atoms with Gasteiger partial charge in [0, 0.05) is 90.3 Å². The van der Waals surface area contributed by atoms with Crippen LogP contribution in [0.4, 0.5) is 0 Å². The highest BCUT2D eigenvalue weighted by molar-refractivity contribution is 5.89. The Morgan fingerprint density at radius 3 is 1.06 bits per heavy atom. The molecule has 3 saturated heterocycles. The lowest BCUT2D eigenvalue weighted by Crippen LogP contribution is -2.70. The van der Waals surface area contributed by atoms with Crippen molar-refractivity contribution in [2.24, 2.45) is 148 Å². The average molecular weight is 1860 g/mol. The van der Waals surface area contributed by atoms with Crippen molar-refractivity contribution in [3.63, 3.8) is 0 Å². The fourth-order valence-corrected chi connectivity index (χ4v) is 44.9. The molecular formula is C127H172N6O5. The monoisotopic (exact) mass is 1860 g/mol. The fourth-order valence-electron chi connectivity index (χ4n) is 44.9. The van der Waals surface area contributed by atoms with E-state index >= 15 is 0 Å². The lowest BCUT2D eigenvalue weighted by atomic mass is 9.37. The molecule has 2 spiro atoms. The van der Waals surface area contributed by atoms with E-state index in [1.807, 2.05) is 0 Å². The van der Waals surface area contributed by atoms with Gasteiger partial charge in [0.15, 0.2) is 0 Å². The Hall–Kier alpha value is -6.11. The lowest BCUT2D eigenvalue weighted by molar-refractivity contribution is -0.186. The smallest absolute Gasteiger partial charge is 0.229 e. The van der Waals surface area contributed by atoms with Gasteiger partial charge in [-0.1, -0.05) is 192 Å². The highest BCUT2D eigenvalue weighted by atomic mass is 16.2. The molecule has 2 amide bonds. The second-order valence-electron chi connectivity index (χ2n) is 58.5. The number of hydrogen-bond acceptors (Lipinski definition) is 9. The molecule has 20 unspecified atom stereocenters. The zero-order chi connectivity index (χ0) is 94.5. The number of fused-ring (bicyclic) bond motifs is 4. The zero-order valence-electron chi connectivity index (χ0n) is 85.6. The van der Waals surface area contributed by atoms with Gasteiger partial charge >= 0.3 is 0 Å². The number of nitrogens with two attached hydrogens (primary N) is 4. The Kier molecular flexibility index (Phi) is 22.4. The highest BCUT2D eigenvalue weighted by Gasteiger charge is 2.72. The Morgan fingerprint density at radius 1 is 0.275 bits per heavy atom. The zero-order valence-corrected chi connectivity index (χ0v) is 85.6. The van der Waals surface area contributed by atoms with Crippen molar-refractivity contribution >= 4 is 29.2 Å². The number of amides is 2. The van der Waals surface area contributed by atoms with Gasteiger partial charge in [-0.15, -0.1) is 0 Å². The van der Waals surface area contributed by atoms with E-state index in [-0.39, 0.29) is 54.1 Å². The molecule has 11 heteroatoms. The van der Waals surface area contributed by atoms with Gasteiger partial charge in [-0.25, -0.2) is 0 Å². The number of likely N-dealkylation sites (tertiary alicyclic amines) is 1. The van der Waals surface area contributed by atoms with Crippen molar-refractivity contribution < 1.29 is 24.0 Å². The summed E-state index contributed by atoms with van der Waals surface area (Å²) < 4.78 is 0. The van der Waals surface area contributed by atoms with Gasteiger partial charge in [0.25, 0.3) is 0 Å². The van der Waals surface area contributed by atoms with Gasteiger partial charge < -0.3 is 32.7 Å². The second kappa shape index (κ2) is 33.2. The molecule has 29 fully saturated rings. The van der Waals surface area contributed by atoms with E-state index in [2.05, 4.69) is 190 Å². The van der Waals surface area contributed by atoms with E-state index < -0.39 is 0 Å². The fraction of sp³-hybridized carbons (Fsp3) is 0.724. The van der Waals surface area contributed by atoms with Crippen LogP contribution in [0.3, 0.4) is 0 Å². The Labute approximate surface area is 829 Å². The van der Waals surface area contributed by atoms with Crippen LogP contribution in [-0.4, -0.2) is 88.3 Å². The van der Waals surface area contributed by atoms with Crippen molar-refractivity contribution in [3.8, 4) is 0 Å². The maximum atomic E-state index is 14.2. The SMILES string of the molecule is CC12CC3CC(C(=O)CC4CC5(CC(N)C5)C4)(C1)CC(c1ccccc1)(C3)C2.CC12CC3CC(C(=O)CC4C[C@H]5CC[C@H](C4)C5)(C1)CC(c1ccccc1)(C3)C2.CC12CC3CC(C(=O)N4C5CCC4CC(N)C5)(C1)CC(c1ccccc1)(C3)C2.CC12CC3CC(C(=O)N4CC5(CC(N)C5)C4)(C1)CC(c1ccccc1)(C3)C2.Cc1cccc(C23CC4CC(CC(C(=O)CC5CCC(N)CC5)(C4)C2)C3)c1. The van der Waals surface area contributed by atoms with Crippen molar-refractivity contribution in [1.82, 2.24) is 9.80 Å². The van der Waals surface area contributed by atoms with Crippen LogP contribution in [0.2, 0.25) is 0 Å². The normalized spacial score (nSPS) is 47.2. The number of aryl methyl sites for hydroxylation is 1. The number of carbonyl (C=O) groups is 5. The third kappa shape index (κ3) is 16.1. The molecule has 26 saturated carbocycles. The molecule has 138 heavy (non-hydrogen) atoms.